The molecule has 0 N–H and O–H groups in total. The maximum absolute atomic E-state index is 6.22. The van der Waals surface area contributed by atoms with Gasteiger partial charge in [-0.2, -0.15) is 0 Å². The normalized spacial score (nSPS) is 18.7. The number of rotatable bonds is 8. The zero-order valence-corrected chi connectivity index (χ0v) is 16.4. The van der Waals surface area contributed by atoms with Crippen LogP contribution in [0.2, 0.25) is 5.04 Å². The minimum absolute atomic E-state index is 0.0586. The van der Waals surface area contributed by atoms with Gasteiger partial charge in [-0.25, -0.2) is 0 Å². The Morgan fingerprint density at radius 2 is 1.62 bits per heavy atom. The number of hydrogen-bond donors (Lipinski definition) is 0. The fourth-order valence-electron chi connectivity index (χ4n) is 3.78. The van der Waals surface area contributed by atoms with Crippen LogP contribution in [0.15, 0.2) is 0 Å². The van der Waals surface area contributed by atoms with Gasteiger partial charge in [0.05, 0.1) is 0 Å². The van der Waals surface area contributed by atoms with Crippen LogP contribution in [0, 0.1) is 5.92 Å². The van der Waals surface area contributed by atoms with Gasteiger partial charge in [0.25, 0.3) is 0 Å². The molecule has 0 aromatic heterocycles. The summed E-state index contributed by atoms with van der Waals surface area (Å²) in [5.41, 5.74) is 0. The second-order valence-electron chi connectivity index (χ2n) is 7.35. The molecule has 0 heterocycles. The highest BCUT2D eigenvalue weighted by atomic mass is 28.4. The Morgan fingerprint density at radius 3 is 2.00 bits per heavy atom. The summed E-state index contributed by atoms with van der Waals surface area (Å²) in [6.45, 7) is 12.6. The molecule has 1 aliphatic rings. The molecular weight excluding hydrogens is 278 g/mol. The Labute approximate surface area is 133 Å². The third kappa shape index (κ3) is 3.71. The van der Waals surface area contributed by atoms with Gasteiger partial charge < -0.3 is 8.85 Å². The van der Waals surface area contributed by atoms with Crippen LogP contribution in [0.1, 0.15) is 73.1 Å². The van der Waals surface area contributed by atoms with Crippen LogP contribution >= 0.6 is 0 Å². The van der Waals surface area contributed by atoms with Gasteiger partial charge in [0.1, 0.15) is 0 Å². The lowest BCUT2D eigenvalue weighted by atomic mass is 9.95. The van der Waals surface area contributed by atoms with E-state index in [-0.39, 0.29) is 5.04 Å². The number of hydrogen-bond acceptors (Lipinski definition) is 3. The van der Waals surface area contributed by atoms with E-state index in [9.17, 15) is 0 Å². The molecule has 1 fully saturated rings. The summed E-state index contributed by atoms with van der Waals surface area (Å²) in [6, 6.07) is 0.642. The standard InChI is InChI=1S/C17H37NO2Si/c1-8-14-18(16-12-10-9-11-13-16)21(19-6,20-7)17(4,5)15(2)3/h15-16H,8-14H2,1-7H3. The quantitative estimate of drug-likeness (QED) is 0.606. The van der Waals surface area contributed by atoms with Gasteiger partial charge in [-0.05, 0) is 31.7 Å². The van der Waals surface area contributed by atoms with Crippen molar-refractivity contribution in [1.29, 1.82) is 0 Å². The van der Waals surface area contributed by atoms with Crippen LogP contribution in [0.3, 0.4) is 0 Å². The van der Waals surface area contributed by atoms with Crippen LogP contribution in [0.4, 0.5) is 0 Å². The highest BCUT2D eigenvalue weighted by Gasteiger charge is 2.59. The summed E-state index contributed by atoms with van der Waals surface area (Å²) >= 11 is 0. The van der Waals surface area contributed by atoms with Crippen LogP contribution < -0.4 is 0 Å². The lowest BCUT2D eigenvalue weighted by Crippen LogP contribution is -2.68. The Morgan fingerprint density at radius 1 is 1.10 bits per heavy atom. The maximum atomic E-state index is 6.22. The first kappa shape index (κ1) is 19.1. The molecule has 0 aromatic carbocycles. The minimum Gasteiger partial charge on any atom is -0.386 e. The van der Waals surface area contributed by atoms with Gasteiger partial charge >= 0.3 is 8.72 Å². The van der Waals surface area contributed by atoms with Gasteiger partial charge in [-0.1, -0.05) is 53.9 Å². The topological polar surface area (TPSA) is 21.7 Å². The molecular formula is C17H37NO2Si. The minimum atomic E-state index is -2.44. The van der Waals surface area contributed by atoms with Crippen LogP contribution in [-0.2, 0) is 8.85 Å². The van der Waals surface area contributed by atoms with Crippen molar-refractivity contribution in [1.82, 2.24) is 4.57 Å². The van der Waals surface area contributed by atoms with Crippen LogP contribution in [-0.4, -0.2) is 40.1 Å². The second-order valence-corrected chi connectivity index (χ2v) is 11.2. The van der Waals surface area contributed by atoms with Crippen molar-refractivity contribution < 1.29 is 8.85 Å². The summed E-state index contributed by atoms with van der Waals surface area (Å²) in [6.07, 6.45) is 7.85. The molecule has 1 rings (SSSR count). The molecule has 0 radical (unpaired) electrons. The van der Waals surface area contributed by atoms with Gasteiger partial charge in [-0.15, -0.1) is 0 Å². The Balaban J connectivity index is 3.17. The smallest absolute Gasteiger partial charge is 0.386 e. The van der Waals surface area contributed by atoms with Gasteiger partial charge in [-0.3, -0.25) is 4.57 Å². The molecule has 0 spiro atoms. The molecule has 0 unspecified atom stereocenters. The van der Waals surface area contributed by atoms with Crippen molar-refractivity contribution in [3.8, 4) is 0 Å². The largest absolute Gasteiger partial charge is 0.433 e. The monoisotopic (exact) mass is 315 g/mol. The van der Waals surface area contributed by atoms with E-state index in [0.29, 0.717) is 12.0 Å². The van der Waals surface area contributed by atoms with E-state index in [2.05, 4.69) is 39.2 Å². The first-order valence-electron chi connectivity index (χ1n) is 8.74. The van der Waals surface area contributed by atoms with E-state index in [1.165, 1.54) is 32.1 Å². The van der Waals surface area contributed by atoms with Crippen molar-refractivity contribution in [3.05, 3.63) is 0 Å². The van der Waals surface area contributed by atoms with Crippen molar-refractivity contribution in [2.75, 3.05) is 20.8 Å². The molecule has 126 valence electrons. The maximum Gasteiger partial charge on any atom is 0.433 e. The molecule has 0 amide bonds. The number of nitrogens with zero attached hydrogens (tertiary/aromatic N) is 1. The van der Waals surface area contributed by atoms with E-state index < -0.39 is 8.72 Å². The predicted octanol–water partition coefficient (Wildman–Crippen LogP) is 4.70. The third-order valence-electron chi connectivity index (χ3n) is 5.67. The molecule has 1 aliphatic carbocycles. The first-order chi connectivity index (χ1) is 9.87. The van der Waals surface area contributed by atoms with Gasteiger partial charge in [0.2, 0.25) is 0 Å². The van der Waals surface area contributed by atoms with Crippen molar-refractivity contribution in [2.24, 2.45) is 5.92 Å². The lowest BCUT2D eigenvalue weighted by molar-refractivity contribution is 0.0873. The van der Waals surface area contributed by atoms with E-state index >= 15 is 0 Å². The Bertz CT molecular complexity index is 297. The lowest BCUT2D eigenvalue weighted by Gasteiger charge is -2.52. The summed E-state index contributed by atoms with van der Waals surface area (Å²) in [5, 5.41) is 0.0586. The highest BCUT2D eigenvalue weighted by molar-refractivity contribution is 6.67. The second kappa shape index (κ2) is 8.09. The molecule has 1 saturated carbocycles. The highest BCUT2D eigenvalue weighted by Crippen LogP contribution is 2.48. The molecule has 0 aliphatic heterocycles. The zero-order chi connectivity index (χ0) is 16.1. The third-order valence-corrected chi connectivity index (χ3v) is 10.3. The SMILES string of the molecule is CCCN(C1CCCCC1)[Si](OC)(OC)C(C)(C)C(C)C. The van der Waals surface area contributed by atoms with E-state index in [4.69, 9.17) is 8.85 Å². The molecule has 0 bridgehead atoms. The summed E-state index contributed by atoms with van der Waals surface area (Å²) in [4.78, 5) is 0. The van der Waals surface area contributed by atoms with E-state index in [0.717, 1.165) is 13.0 Å². The van der Waals surface area contributed by atoms with Crippen LogP contribution in [0.5, 0.6) is 0 Å². The summed E-state index contributed by atoms with van der Waals surface area (Å²) in [5.74, 6) is 0.534. The van der Waals surface area contributed by atoms with Gasteiger partial charge in [0.15, 0.2) is 0 Å². The first-order valence-corrected chi connectivity index (χ1v) is 10.5. The molecule has 0 saturated heterocycles. The van der Waals surface area contributed by atoms with Gasteiger partial charge in [0, 0.05) is 25.3 Å². The predicted molar refractivity (Wildman–Crippen MR) is 92.5 cm³/mol. The fraction of sp³-hybridized carbons (Fsp3) is 1.00. The average molecular weight is 316 g/mol. The van der Waals surface area contributed by atoms with Crippen LogP contribution in [0.25, 0.3) is 0 Å². The molecule has 4 heteroatoms. The Kier molecular flexibility index (Phi) is 7.38. The molecule has 0 atom stereocenters. The van der Waals surface area contributed by atoms with Crippen molar-refractivity contribution >= 4 is 8.72 Å². The molecule has 21 heavy (non-hydrogen) atoms. The fourth-order valence-corrected chi connectivity index (χ4v) is 8.20. The summed E-state index contributed by atoms with van der Waals surface area (Å²) < 4.78 is 15.1. The summed E-state index contributed by atoms with van der Waals surface area (Å²) in [7, 11) is 1.29. The average Bonchev–Trinajstić information content (AvgIpc) is 2.48. The molecule has 3 nitrogen and oxygen atoms in total. The van der Waals surface area contributed by atoms with E-state index in [1.54, 1.807) is 0 Å². The van der Waals surface area contributed by atoms with E-state index in [1.807, 2.05) is 14.2 Å². The molecule has 0 aromatic rings. The Hall–Kier alpha value is 0.0969. The zero-order valence-electron chi connectivity index (χ0n) is 15.4. The van der Waals surface area contributed by atoms with Crippen molar-refractivity contribution in [3.63, 3.8) is 0 Å². The van der Waals surface area contributed by atoms with Crippen molar-refractivity contribution in [2.45, 2.75) is 84.2 Å².